The third-order valence-corrected chi connectivity index (χ3v) is 4.64. The topological polar surface area (TPSA) is 77.2 Å². The van der Waals surface area contributed by atoms with E-state index in [1.54, 1.807) is 20.1 Å². The summed E-state index contributed by atoms with van der Waals surface area (Å²) in [7, 11) is 1.63. The first-order valence-electron chi connectivity index (χ1n) is 7.39. The summed E-state index contributed by atoms with van der Waals surface area (Å²) in [6, 6.07) is 9.38. The summed E-state index contributed by atoms with van der Waals surface area (Å²) in [6.07, 6.45) is 0.241. The minimum Gasteiger partial charge on any atom is -0.496 e. The minimum absolute atomic E-state index is 0.151. The number of thiazole rings is 1. The van der Waals surface area contributed by atoms with Gasteiger partial charge in [-0.3, -0.25) is 4.79 Å². The van der Waals surface area contributed by atoms with Gasteiger partial charge in [-0.2, -0.15) is 0 Å². The van der Waals surface area contributed by atoms with E-state index in [-0.39, 0.29) is 12.3 Å². The van der Waals surface area contributed by atoms with E-state index in [9.17, 15) is 4.79 Å². The molecule has 0 atom stereocenters. The van der Waals surface area contributed by atoms with Crippen molar-refractivity contribution in [2.24, 2.45) is 0 Å². The van der Waals surface area contributed by atoms with Gasteiger partial charge in [-0.15, -0.1) is 11.3 Å². The highest BCUT2D eigenvalue weighted by Crippen LogP contribution is 2.34. The smallest absolute Gasteiger partial charge is 0.230 e. The third kappa shape index (κ3) is 3.46. The molecule has 0 saturated heterocycles. The van der Waals surface area contributed by atoms with Gasteiger partial charge in [0.2, 0.25) is 5.91 Å². The van der Waals surface area contributed by atoms with Crippen molar-refractivity contribution in [1.29, 1.82) is 0 Å². The Morgan fingerprint density at radius 2 is 2.12 bits per heavy atom. The molecule has 0 aliphatic heterocycles. The van der Waals surface area contributed by atoms with E-state index in [0.29, 0.717) is 11.6 Å². The lowest BCUT2D eigenvalue weighted by molar-refractivity contribution is -0.115. The maximum absolute atomic E-state index is 12.2. The van der Waals surface area contributed by atoms with E-state index in [0.717, 1.165) is 26.9 Å². The van der Waals surface area contributed by atoms with E-state index in [4.69, 9.17) is 9.26 Å². The fraction of sp³-hybridized carbons (Fsp3) is 0.235. The Morgan fingerprint density at radius 1 is 1.33 bits per heavy atom. The third-order valence-electron chi connectivity index (χ3n) is 3.45. The van der Waals surface area contributed by atoms with Crippen LogP contribution in [-0.4, -0.2) is 23.2 Å². The number of anilines is 1. The van der Waals surface area contributed by atoms with Crippen molar-refractivity contribution in [2.45, 2.75) is 20.3 Å². The van der Waals surface area contributed by atoms with Crippen LogP contribution in [0.5, 0.6) is 5.75 Å². The van der Waals surface area contributed by atoms with Crippen LogP contribution >= 0.6 is 11.3 Å². The fourth-order valence-electron chi connectivity index (χ4n) is 2.29. The Bertz CT molecular complexity index is 870. The zero-order chi connectivity index (χ0) is 17.1. The molecule has 0 aliphatic carbocycles. The predicted molar refractivity (Wildman–Crippen MR) is 92.4 cm³/mol. The monoisotopic (exact) mass is 343 g/mol. The molecule has 0 fully saturated rings. The number of nitrogens with one attached hydrogen (secondary N) is 1. The summed E-state index contributed by atoms with van der Waals surface area (Å²) in [5, 5.41) is 7.32. The van der Waals surface area contributed by atoms with Crippen molar-refractivity contribution in [3.63, 3.8) is 0 Å². The van der Waals surface area contributed by atoms with Gasteiger partial charge >= 0.3 is 0 Å². The number of nitrogens with zero attached hydrogens (tertiary/aromatic N) is 2. The van der Waals surface area contributed by atoms with Crippen molar-refractivity contribution in [1.82, 2.24) is 10.1 Å². The SMILES string of the molecule is COc1ccccc1-c1nc(C)c(CC(=O)Nc2cc(C)on2)s1. The Labute approximate surface area is 143 Å². The predicted octanol–water partition coefficient (Wildman–Crippen LogP) is 3.60. The average Bonchev–Trinajstić information content (AvgIpc) is 3.13. The summed E-state index contributed by atoms with van der Waals surface area (Å²) in [5.41, 5.74) is 1.76. The first-order valence-corrected chi connectivity index (χ1v) is 8.21. The normalized spacial score (nSPS) is 10.6. The quantitative estimate of drug-likeness (QED) is 0.766. The zero-order valence-electron chi connectivity index (χ0n) is 13.6. The summed E-state index contributed by atoms with van der Waals surface area (Å²) in [4.78, 5) is 17.7. The first kappa shape index (κ1) is 16.2. The number of para-hydroxylation sites is 1. The number of aryl methyl sites for hydroxylation is 2. The maximum Gasteiger partial charge on any atom is 0.230 e. The Morgan fingerprint density at radius 3 is 2.83 bits per heavy atom. The molecule has 1 N–H and O–H groups in total. The number of benzene rings is 1. The highest BCUT2D eigenvalue weighted by Gasteiger charge is 2.16. The van der Waals surface area contributed by atoms with Gasteiger partial charge in [0.1, 0.15) is 16.5 Å². The molecule has 2 heterocycles. The molecule has 7 heteroatoms. The highest BCUT2D eigenvalue weighted by atomic mass is 32.1. The van der Waals surface area contributed by atoms with Gasteiger partial charge in [0.15, 0.2) is 5.82 Å². The van der Waals surface area contributed by atoms with E-state index in [1.807, 2.05) is 31.2 Å². The molecule has 0 spiro atoms. The van der Waals surface area contributed by atoms with Crippen molar-refractivity contribution in [3.8, 4) is 16.3 Å². The van der Waals surface area contributed by atoms with Crippen LogP contribution in [0.3, 0.4) is 0 Å². The second-order valence-corrected chi connectivity index (χ2v) is 6.36. The van der Waals surface area contributed by atoms with Crippen LogP contribution in [0.1, 0.15) is 16.3 Å². The minimum atomic E-state index is -0.151. The zero-order valence-corrected chi connectivity index (χ0v) is 14.4. The largest absolute Gasteiger partial charge is 0.496 e. The number of aromatic nitrogens is 2. The Hall–Kier alpha value is -2.67. The van der Waals surface area contributed by atoms with Crippen LogP contribution in [0.2, 0.25) is 0 Å². The van der Waals surface area contributed by atoms with Crippen LogP contribution in [0.15, 0.2) is 34.9 Å². The molecule has 24 heavy (non-hydrogen) atoms. The Balaban J connectivity index is 1.78. The first-order chi connectivity index (χ1) is 11.6. The van der Waals surface area contributed by atoms with Gasteiger partial charge in [0, 0.05) is 10.9 Å². The lowest BCUT2D eigenvalue weighted by Gasteiger charge is -2.04. The van der Waals surface area contributed by atoms with E-state index in [2.05, 4.69) is 15.5 Å². The van der Waals surface area contributed by atoms with Crippen LogP contribution in [0, 0.1) is 13.8 Å². The number of hydrogen-bond acceptors (Lipinski definition) is 6. The molecular weight excluding hydrogens is 326 g/mol. The molecule has 0 aliphatic rings. The molecule has 0 bridgehead atoms. The number of rotatable bonds is 5. The summed E-state index contributed by atoms with van der Waals surface area (Å²) < 4.78 is 10.3. The summed E-state index contributed by atoms with van der Waals surface area (Å²) in [5.74, 6) is 1.68. The van der Waals surface area contributed by atoms with E-state index < -0.39 is 0 Å². The average molecular weight is 343 g/mol. The number of amides is 1. The molecule has 1 amide bonds. The van der Waals surface area contributed by atoms with Gasteiger partial charge in [0.25, 0.3) is 0 Å². The summed E-state index contributed by atoms with van der Waals surface area (Å²) in [6.45, 7) is 3.67. The van der Waals surface area contributed by atoms with Crippen molar-refractivity contribution in [2.75, 3.05) is 12.4 Å². The molecule has 0 radical (unpaired) electrons. The van der Waals surface area contributed by atoms with Gasteiger partial charge in [-0.25, -0.2) is 4.98 Å². The molecule has 3 rings (SSSR count). The second-order valence-electron chi connectivity index (χ2n) is 5.28. The molecule has 124 valence electrons. The number of carbonyl (C=O) groups is 1. The van der Waals surface area contributed by atoms with E-state index in [1.165, 1.54) is 11.3 Å². The van der Waals surface area contributed by atoms with Crippen molar-refractivity contribution in [3.05, 3.63) is 46.7 Å². The maximum atomic E-state index is 12.2. The molecule has 0 saturated carbocycles. The standard InChI is InChI=1S/C17H17N3O3S/c1-10-8-15(20-23-10)19-16(21)9-14-11(2)18-17(24-14)12-6-4-5-7-13(12)22-3/h4-8H,9H2,1-3H3,(H,19,20,21). The highest BCUT2D eigenvalue weighted by molar-refractivity contribution is 7.15. The van der Waals surface area contributed by atoms with Crippen LogP contribution in [0.4, 0.5) is 5.82 Å². The van der Waals surface area contributed by atoms with Crippen molar-refractivity contribution < 1.29 is 14.1 Å². The Kier molecular flexibility index (Phi) is 4.61. The van der Waals surface area contributed by atoms with Gasteiger partial charge < -0.3 is 14.6 Å². The lowest BCUT2D eigenvalue weighted by Crippen LogP contribution is -2.14. The van der Waals surface area contributed by atoms with Crippen LogP contribution in [-0.2, 0) is 11.2 Å². The van der Waals surface area contributed by atoms with Crippen LogP contribution < -0.4 is 10.1 Å². The molecule has 1 aromatic carbocycles. The number of methoxy groups -OCH3 is 1. The molecule has 0 unspecified atom stereocenters. The van der Waals surface area contributed by atoms with Crippen molar-refractivity contribution >= 4 is 23.1 Å². The van der Waals surface area contributed by atoms with Gasteiger partial charge in [-0.1, -0.05) is 17.3 Å². The molecule has 3 aromatic rings. The number of ether oxygens (including phenoxy) is 1. The second kappa shape index (κ2) is 6.84. The van der Waals surface area contributed by atoms with Crippen LogP contribution in [0.25, 0.3) is 10.6 Å². The molecular formula is C17H17N3O3S. The number of hydrogen-bond donors (Lipinski definition) is 1. The molecule has 2 aromatic heterocycles. The molecule has 6 nitrogen and oxygen atoms in total. The lowest BCUT2D eigenvalue weighted by atomic mass is 10.2. The van der Waals surface area contributed by atoms with Gasteiger partial charge in [0.05, 0.1) is 24.8 Å². The summed E-state index contributed by atoms with van der Waals surface area (Å²) >= 11 is 1.49. The number of carbonyl (C=O) groups excluding carboxylic acids is 1. The fourth-order valence-corrected chi connectivity index (χ4v) is 3.38. The van der Waals surface area contributed by atoms with E-state index >= 15 is 0 Å². The van der Waals surface area contributed by atoms with Gasteiger partial charge in [-0.05, 0) is 26.0 Å².